The Morgan fingerprint density at radius 2 is 1.94 bits per heavy atom. The molecule has 0 saturated carbocycles. The van der Waals surface area contributed by atoms with Crippen molar-refractivity contribution in [2.45, 2.75) is 77.2 Å². The van der Waals surface area contributed by atoms with Crippen LogP contribution in [-0.2, 0) is 9.47 Å². The average molecular weight is 243 g/mol. The molecule has 0 aromatic heterocycles. The lowest BCUT2D eigenvalue weighted by Gasteiger charge is -2.34. The third-order valence-electron chi connectivity index (χ3n) is 3.91. The van der Waals surface area contributed by atoms with Gasteiger partial charge in [-0.05, 0) is 40.5 Å². The van der Waals surface area contributed by atoms with E-state index < -0.39 is 0 Å². The van der Waals surface area contributed by atoms with Crippen molar-refractivity contribution >= 4 is 0 Å². The Morgan fingerprint density at radius 1 is 1.35 bits per heavy atom. The molecule has 1 fully saturated rings. The quantitative estimate of drug-likeness (QED) is 0.807. The van der Waals surface area contributed by atoms with Crippen molar-refractivity contribution in [3.63, 3.8) is 0 Å². The molecule has 1 rings (SSSR count). The van der Waals surface area contributed by atoms with Crippen LogP contribution in [-0.4, -0.2) is 30.5 Å². The van der Waals surface area contributed by atoms with Crippen LogP contribution >= 0.6 is 0 Å². The molecular weight excluding hydrogens is 214 g/mol. The fraction of sp³-hybridized carbons (Fsp3) is 1.00. The number of rotatable bonds is 5. The summed E-state index contributed by atoms with van der Waals surface area (Å²) in [5.41, 5.74) is 6.18. The highest BCUT2D eigenvalue weighted by molar-refractivity contribution is 5.00. The number of ether oxygens (including phenoxy) is 2. The van der Waals surface area contributed by atoms with Crippen LogP contribution in [0.5, 0.6) is 0 Å². The number of hydrogen-bond acceptors (Lipinski definition) is 3. The van der Waals surface area contributed by atoms with Gasteiger partial charge in [0.1, 0.15) is 0 Å². The maximum atomic E-state index is 6.41. The van der Waals surface area contributed by atoms with Crippen LogP contribution in [0.1, 0.15) is 53.9 Å². The van der Waals surface area contributed by atoms with Gasteiger partial charge in [0, 0.05) is 19.1 Å². The SMILES string of the molecule is CCCC(OC)C(N)C1CC(C)(C)OC1(C)C. The first kappa shape index (κ1) is 14.9. The standard InChI is InChI=1S/C14H29NO2/c1-7-8-11(16-6)12(15)10-9-13(2,3)17-14(10,4)5/h10-12H,7-9,15H2,1-6H3. The van der Waals surface area contributed by atoms with Crippen molar-refractivity contribution in [1.29, 1.82) is 0 Å². The molecule has 0 aliphatic carbocycles. The Labute approximate surface area is 106 Å². The minimum Gasteiger partial charge on any atom is -0.380 e. The Hall–Kier alpha value is -0.120. The molecule has 1 saturated heterocycles. The van der Waals surface area contributed by atoms with Gasteiger partial charge in [-0.2, -0.15) is 0 Å². The summed E-state index contributed by atoms with van der Waals surface area (Å²) >= 11 is 0. The minimum absolute atomic E-state index is 0.0525. The van der Waals surface area contributed by atoms with Gasteiger partial charge in [0.25, 0.3) is 0 Å². The van der Waals surface area contributed by atoms with E-state index in [1.165, 1.54) is 0 Å². The second-order valence-corrected chi connectivity index (χ2v) is 6.42. The molecule has 0 bridgehead atoms. The topological polar surface area (TPSA) is 44.5 Å². The lowest BCUT2D eigenvalue weighted by atomic mass is 9.79. The van der Waals surface area contributed by atoms with Gasteiger partial charge in [-0.15, -0.1) is 0 Å². The zero-order valence-corrected chi connectivity index (χ0v) is 12.2. The molecule has 1 heterocycles. The predicted molar refractivity (Wildman–Crippen MR) is 71.0 cm³/mol. The van der Waals surface area contributed by atoms with Crippen LogP contribution in [0.3, 0.4) is 0 Å². The molecule has 0 radical (unpaired) electrons. The number of methoxy groups -OCH3 is 1. The van der Waals surface area contributed by atoms with Crippen LogP contribution in [0.15, 0.2) is 0 Å². The molecule has 1 aliphatic rings. The van der Waals surface area contributed by atoms with E-state index in [2.05, 4.69) is 34.6 Å². The molecule has 0 aromatic carbocycles. The van der Waals surface area contributed by atoms with E-state index in [9.17, 15) is 0 Å². The van der Waals surface area contributed by atoms with Gasteiger partial charge in [-0.25, -0.2) is 0 Å². The van der Waals surface area contributed by atoms with Crippen molar-refractivity contribution in [3.8, 4) is 0 Å². The highest BCUT2D eigenvalue weighted by Crippen LogP contribution is 2.44. The van der Waals surface area contributed by atoms with E-state index in [4.69, 9.17) is 15.2 Å². The van der Waals surface area contributed by atoms with Crippen LogP contribution in [0.2, 0.25) is 0 Å². The maximum absolute atomic E-state index is 6.41. The molecule has 3 atom stereocenters. The summed E-state index contributed by atoms with van der Waals surface area (Å²) < 4.78 is 11.7. The number of hydrogen-bond donors (Lipinski definition) is 1. The van der Waals surface area contributed by atoms with Gasteiger partial charge in [0.15, 0.2) is 0 Å². The fourth-order valence-corrected chi connectivity index (χ4v) is 3.22. The van der Waals surface area contributed by atoms with Gasteiger partial charge < -0.3 is 15.2 Å². The molecule has 3 heteroatoms. The van der Waals surface area contributed by atoms with Gasteiger partial charge in [0.05, 0.1) is 17.3 Å². The van der Waals surface area contributed by atoms with Crippen LogP contribution in [0.25, 0.3) is 0 Å². The summed E-state index contributed by atoms with van der Waals surface area (Å²) in [6.45, 7) is 10.7. The highest BCUT2D eigenvalue weighted by atomic mass is 16.5. The largest absolute Gasteiger partial charge is 0.380 e. The number of nitrogens with two attached hydrogens (primary N) is 1. The van der Waals surface area contributed by atoms with Gasteiger partial charge in [-0.1, -0.05) is 13.3 Å². The zero-order valence-electron chi connectivity index (χ0n) is 12.2. The van der Waals surface area contributed by atoms with E-state index in [1.54, 1.807) is 7.11 Å². The van der Waals surface area contributed by atoms with Gasteiger partial charge in [0.2, 0.25) is 0 Å². The minimum atomic E-state index is -0.159. The summed E-state index contributed by atoms with van der Waals surface area (Å²) in [4.78, 5) is 0. The summed E-state index contributed by atoms with van der Waals surface area (Å²) in [6.07, 6.45) is 3.26. The van der Waals surface area contributed by atoms with Crippen LogP contribution in [0, 0.1) is 5.92 Å². The third kappa shape index (κ3) is 3.43. The predicted octanol–water partition coefficient (Wildman–Crippen LogP) is 2.72. The summed E-state index contributed by atoms with van der Waals surface area (Å²) in [6, 6.07) is 0.0525. The van der Waals surface area contributed by atoms with E-state index in [-0.39, 0.29) is 23.3 Å². The van der Waals surface area contributed by atoms with E-state index >= 15 is 0 Å². The molecular formula is C14H29NO2. The molecule has 102 valence electrons. The molecule has 0 spiro atoms. The first-order chi connectivity index (χ1) is 7.73. The molecule has 0 aromatic rings. The zero-order chi connectivity index (χ0) is 13.3. The molecule has 3 nitrogen and oxygen atoms in total. The summed E-state index contributed by atoms with van der Waals surface area (Å²) in [5, 5.41) is 0. The second kappa shape index (κ2) is 5.25. The van der Waals surface area contributed by atoms with E-state index in [1.807, 2.05) is 0 Å². The molecule has 2 N–H and O–H groups in total. The van der Waals surface area contributed by atoms with Crippen LogP contribution in [0.4, 0.5) is 0 Å². The second-order valence-electron chi connectivity index (χ2n) is 6.42. The Morgan fingerprint density at radius 3 is 2.29 bits per heavy atom. The normalized spacial score (nSPS) is 30.2. The highest BCUT2D eigenvalue weighted by Gasteiger charge is 2.49. The monoisotopic (exact) mass is 243 g/mol. The smallest absolute Gasteiger partial charge is 0.0725 e. The van der Waals surface area contributed by atoms with Crippen molar-refractivity contribution < 1.29 is 9.47 Å². The average Bonchev–Trinajstić information content (AvgIpc) is 2.42. The summed E-state index contributed by atoms with van der Waals surface area (Å²) in [5.74, 6) is 0.356. The Kier molecular flexibility index (Phi) is 4.61. The first-order valence-electron chi connectivity index (χ1n) is 6.72. The van der Waals surface area contributed by atoms with Crippen molar-refractivity contribution in [2.75, 3.05) is 7.11 Å². The van der Waals surface area contributed by atoms with Crippen molar-refractivity contribution in [1.82, 2.24) is 0 Å². The van der Waals surface area contributed by atoms with Gasteiger partial charge in [-0.3, -0.25) is 0 Å². The Bertz CT molecular complexity index is 251. The Balaban J connectivity index is 2.77. The van der Waals surface area contributed by atoms with E-state index in [0.717, 1.165) is 19.3 Å². The first-order valence-corrected chi connectivity index (χ1v) is 6.72. The molecule has 17 heavy (non-hydrogen) atoms. The van der Waals surface area contributed by atoms with Crippen LogP contribution < -0.4 is 5.73 Å². The fourth-order valence-electron chi connectivity index (χ4n) is 3.22. The molecule has 1 aliphatic heterocycles. The van der Waals surface area contributed by atoms with Crippen molar-refractivity contribution in [3.05, 3.63) is 0 Å². The maximum Gasteiger partial charge on any atom is 0.0725 e. The third-order valence-corrected chi connectivity index (χ3v) is 3.91. The van der Waals surface area contributed by atoms with Gasteiger partial charge >= 0.3 is 0 Å². The lowest BCUT2D eigenvalue weighted by Crippen LogP contribution is -2.48. The lowest BCUT2D eigenvalue weighted by molar-refractivity contribution is -0.0822. The molecule has 3 unspecified atom stereocenters. The van der Waals surface area contributed by atoms with Crippen molar-refractivity contribution in [2.24, 2.45) is 11.7 Å². The summed E-state index contributed by atoms with van der Waals surface area (Å²) in [7, 11) is 1.76. The van der Waals surface area contributed by atoms with E-state index in [0.29, 0.717) is 5.92 Å². The molecule has 0 amide bonds.